The first-order valence-electron chi connectivity index (χ1n) is 10.3. The Hall–Kier alpha value is -3.52. The lowest BCUT2D eigenvalue weighted by Gasteiger charge is -2.33. The van der Waals surface area contributed by atoms with Gasteiger partial charge in [-0.15, -0.1) is 0 Å². The molecule has 156 valence electrons. The first kappa shape index (κ1) is 19.4. The van der Waals surface area contributed by atoms with Crippen LogP contribution in [0.25, 0.3) is 22.6 Å². The summed E-state index contributed by atoms with van der Waals surface area (Å²) in [6.45, 7) is 2.82. The molecule has 1 fully saturated rings. The zero-order valence-corrected chi connectivity index (χ0v) is 17.0. The number of hydrogen-bond acceptors (Lipinski definition) is 6. The highest BCUT2D eigenvalue weighted by Crippen LogP contribution is 2.35. The summed E-state index contributed by atoms with van der Waals surface area (Å²) in [6.07, 6.45) is 12.5. The molecule has 8 heteroatoms. The molecule has 1 saturated heterocycles. The van der Waals surface area contributed by atoms with E-state index in [1.807, 2.05) is 24.8 Å². The summed E-state index contributed by atoms with van der Waals surface area (Å²) >= 11 is 0. The van der Waals surface area contributed by atoms with Gasteiger partial charge in [0, 0.05) is 55.4 Å². The normalized spacial score (nSPS) is 15.3. The van der Waals surface area contributed by atoms with E-state index in [0.717, 1.165) is 60.7 Å². The van der Waals surface area contributed by atoms with Crippen LogP contribution in [0.3, 0.4) is 0 Å². The van der Waals surface area contributed by atoms with Crippen molar-refractivity contribution < 1.29 is 4.39 Å². The molecule has 1 aromatic carbocycles. The topological polar surface area (TPSA) is 72.6 Å². The van der Waals surface area contributed by atoms with E-state index in [1.165, 1.54) is 12.1 Å². The number of imidazole rings is 1. The van der Waals surface area contributed by atoms with Gasteiger partial charge in [-0.25, -0.2) is 29.3 Å². The Balaban J connectivity index is 1.41. The molecule has 7 nitrogen and oxygen atoms in total. The maximum absolute atomic E-state index is 13.5. The Morgan fingerprint density at radius 2 is 1.68 bits per heavy atom. The average Bonchev–Trinajstić information content (AvgIpc) is 3.26. The molecule has 0 unspecified atom stereocenters. The molecule has 1 aliphatic rings. The second-order valence-electron chi connectivity index (χ2n) is 7.70. The Labute approximate surface area is 179 Å². The van der Waals surface area contributed by atoms with Crippen LogP contribution in [-0.4, -0.2) is 47.5 Å². The fourth-order valence-corrected chi connectivity index (χ4v) is 4.17. The number of aromatic nitrogens is 6. The van der Waals surface area contributed by atoms with E-state index in [-0.39, 0.29) is 5.82 Å². The predicted octanol–water partition coefficient (Wildman–Crippen LogP) is 3.77. The van der Waals surface area contributed by atoms with Crippen LogP contribution in [0.5, 0.6) is 0 Å². The van der Waals surface area contributed by atoms with Gasteiger partial charge in [0.25, 0.3) is 0 Å². The monoisotopic (exact) mass is 415 g/mol. The number of piperidine rings is 1. The molecule has 0 saturated carbocycles. The zero-order valence-electron chi connectivity index (χ0n) is 17.0. The highest BCUT2D eigenvalue weighted by Gasteiger charge is 2.25. The van der Waals surface area contributed by atoms with Crippen molar-refractivity contribution in [2.24, 2.45) is 0 Å². The van der Waals surface area contributed by atoms with Crippen molar-refractivity contribution in [1.29, 1.82) is 0 Å². The fraction of sp³-hybridized carbons (Fsp3) is 0.261. The van der Waals surface area contributed by atoms with Gasteiger partial charge in [0.05, 0.1) is 23.4 Å². The van der Waals surface area contributed by atoms with Gasteiger partial charge in [0.1, 0.15) is 18.5 Å². The fourth-order valence-electron chi connectivity index (χ4n) is 4.17. The third-order valence-electron chi connectivity index (χ3n) is 5.71. The molecule has 4 aromatic rings. The van der Waals surface area contributed by atoms with Crippen LogP contribution in [0.2, 0.25) is 0 Å². The molecule has 0 atom stereocenters. The first-order valence-corrected chi connectivity index (χ1v) is 10.3. The lowest BCUT2D eigenvalue weighted by molar-refractivity contribution is 0.180. The summed E-state index contributed by atoms with van der Waals surface area (Å²) in [7, 11) is 0. The molecule has 0 amide bonds. The van der Waals surface area contributed by atoms with Crippen LogP contribution in [-0.2, 0) is 6.54 Å². The summed E-state index contributed by atoms with van der Waals surface area (Å²) < 4.78 is 15.7. The molecule has 0 N–H and O–H groups in total. The summed E-state index contributed by atoms with van der Waals surface area (Å²) in [5.41, 5.74) is 4.57. The van der Waals surface area contributed by atoms with Crippen LogP contribution in [0.4, 0.5) is 4.39 Å². The van der Waals surface area contributed by atoms with Crippen molar-refractivity contribution in [2.45, 2.75) is 25.4 Å². The van der Waals surface area contributed by atoms with Crippen molar-refractivity contribution in [3.05, 3.63) is 79.3 Å². The molecular weight excluding hydrogens is 393 g/mol. The average molecular weight is 415 g/mol. The largest absolute Gasteiger partial charge is 0.326 e. The zero-order chi connectivity index (χ0) is 21.0. The van der Waals surface area contributed by atoms with Gasteiger partial charge < -0.3 is 4.57 Å². The molecule has 0 radical (unpaired) electrons. The molecule has 4 heterocycles. The molecule has 0 bridgehead atoms. The third kappa shape index (κ3) is 4.20. The molecule has 3 aromatic heterocycles. The van der Waals surface area contributed by atoms with Crippen molar-refractivity contribution >= 4 is 0 Å². The molecule has 1 aliphatic heterocycles. The second kappa shape index (κ2) is 8.69. The van der Waals surface area contributed by atoms with Gasteiger partial charge in [-0.05, 0) is 43.2 Å². The van der Waals surface area contributed by atoms with Gasteiger partial charge in [-0.2, -0.15) is 0 Å². The minimum Gasteiger partial charge on any atom is -0.326 e. The van der Waals surface area contributed by atoms with E-state index in [2.05, 4.69) is 29.4 Å². The Morgan fingerprint density at radius 3 is 2.39 bits per heavy atom. The molecule has 0 spiro atoms. The molecule has 0 aliphatic carbocycles. The SMILES string of the molecule is Fc1ccc(-c2ncn(C3CCN(Cc4cncnc4)CC3)c2-c2ccncn2)cc1. The number of benzene rings is 1. The summed E-state index contributed by atoms with van der Waals surface area (Å²) in [5.74, 6) is -0.261. The van der Waals surface area contributed by atoms with Crippen LogP contribution >= 0.6 is 0 Å². The van der Waals surface area contributed by atoms with E-state index >= 15 is 0 Å². The molecule has 31 heavy (non-hydrogen) atoms. The summed E-state index contributed by atoms with van der Waals surface area (Å²) in [6, 6.07) is 8.66. The van der Waals surface area contributed by atoms with Crippen LogP contribution in [0.15, 0.2) is 67.9 Å². The van der Waals surface area contributed by atoms with Crippen LogP contribution in [0.1, 0.15) is 24.4 Å². The van der Waals surface area contributed by atoms with Crippen LogP contribution in [0, 0.1) is 5.82 Å². The van der Waals surface area contributed by atoms with E-state index in [1.54, 1.807) is 31.0 Å². The third-order valence-corrected chi connectivity index (χ3v) is 5.71. The number of rotatable bonds is 5. The first-order chi connectivity index (χ1) is 15.3. The Morgan fingerprint density at radius 1 is 0.903 bits per heavy atom. The van der Waals surface area contributed by atoms with E-state index in [9.17, 15) is 4.39 Å². The van der Waals surface area contributed by atoms with E-state index in [4.69, 9.17) is 4.98 Å². The van der Waals surface area contributed by atoms with Gasteiger partial charge in [-0.1, -0.05) is 0 Å². The second-order valence-corrected chi connectivity index (χ2v) is 7.70. The van der Waals surface area contributed by atoms with Crippen molar-refractivity contribution in [3.63, 3.8) is 0 Å². The van der Waals surface area contributed by atoms with Gasteiger partial charge >= 0.3 is 0 Å². The minimum absolute atomic E-state index is 0.261. The number of hydrogen-bond donors (Lipinski definition) is 0. The van der Waals surface area contributed by atoms with E-state index < -0.39 is 0 Å². The van der Waals surface area contributed by atoms with Crippen LogP contribution < -0.4 is 0 Å². The highest BCUT2D eigenvalue weighted by atomic mass is 19.1. The molecular formula is C23H22FN7. The quantitative estimate of drug-likeness (QED) is 0.494. The summed E-state index contributed by atoms with van der Waals surface area (Å²) in [4.78, 5) is 23.9. The maximum atomic E-state index is 13.5. The smallest absolute Gasteiger partial charge is 0.123 e. The Kier molecular flexibility index (Phi) is 5.45. The van der Waals surface area contributed by atoms with Gasteiger partial charge in [0.15, 0.2) is 0 Å². The van der Waals surface area contributed by atoms with Gasteiger partial charge in [-0.3, -0.25) is 4.90 Å². The highest BCUT2D eigenvalue weighted by molar-refractivity contribution is 5.76. The maximum Gasteiger partial charge on any atom is 0.123 e. The summed E-state index contributed by atoms with van der Waals surface area (Å²) in [5, 5.41) is 0. The van der Waals surface area contributed by atoms with Crippen molar-refractivity contribution in [2.75, 3.05) is 13.1 Å². The predicted molar refractivity (Wildman–Crippen MR) is 114 cm³/mol. The van der Waals surface area contributed by atoms with Crippen molar-refractivity contribution in [3.8, 4) is 22.6 Å². The number of likely N-dealkylation sites (tertiary alicyclic amines) is 1. The minimum atomic E-state index is -0.261. The van der Waals surface area contributed by atoms with Crippen molar-refractivity contribution in [1.82, 2.24) is 34.4 Å². The van der Waals surface area contributed by atoms with E-state index in [0.29, 0.717) is 6.04 Å². The Bertz CT molecular complexity index is 1120. The number of halogens is 1. The molecule has 5 rings (SSSR count). The number of nitrogens with zero attached hydrogens (tertiary/aromatic N) is 7. The van der Waals surface area contributed by atoms with Gasteiger partial charge in [0.2, 0.25) is 0 Å². The standard InChI is InChI=1S/C23H22FN7/c24-19-3-1-18(2-4-19)22-23(21-5-8-25-15-28-21)31(16-29-22)20-6-9-30(10-7-20)13-17-11-26-14-27-12-17/h1-5,8,11-12,14-16,20H,6-7,9-10,13H2. The lowest BCUT2D eigenvalue weighted by Crippen LogP contribution is -2.34. The lowest BCUT2D eigenvalue weighted by atomic mass is 10.0.